The number of nitrogens with zero attached hydrogens (tertiary/aromatic N) is 2. The molecule has 1 heterocycles. The number of ether oxygens (including phenoxy) is 1. The first-order chi connectivity index (χ1) is 16.5. The van der Waals surface area contributed by atoms with Gasteiger partial charge in [-0.15, -0.1) is 0 Å². The van der Waals surface area contributed by atoms with Crippen molar-refractivity contribution in [2.75, 3.05) is 0 Å². The molecule has 5 aromatic rings. The van der Waals surface area contributed by atoms with Crippen LogP contribution in [0.15, 0.2) is 81.7 Å². The first-order valence-electron chi connectivity index (χ1n) is 10.4. The third kappa shape index (κ3) is 4.47. The smallest absolute Gasteiger partial charge is 0.149 e. The first-order valence-corrected chi connectivity index (χ1v) is 12.0. The van der Waals surface area contributed by atoms with Crippen LogP contribution < -0.4 is 4.74 Å². The standard InChI is InChI=1S/C27H16Br2FN3O/c28-22-11-16(10-19(14-31)27-32-24-9-8-20(30)13-25(24)33-27)12-23(29)26(22)34-15-18-6-3-5-17-4-1-2-7-21(17)18/h1-13H,15H2,(H,32,33)/b19-10-. The highest BCUT2D eigenvalue weighted by Crippen LogP contribution is 2.36. The number of halogens is 3. The van der Waals surface area contributed by atoms with Crippen LogP contribution in [-0.2, 0) is 6.61 Å². The van der Waals surface area contributed by atoms with Gasteiger partial charge in [-0.25, -0.2) is 9.37 Å². The summed E-state index contributed by atoms with van der Waals surface area (Å²) in [5.41, 5.74) is 3.33. The Morgan fingerprint density at radius 2 is 1.79 bits per heavy atom. The van der Waals surface area contributed by atoms with Crippen molar-refractivity contribution < 1.29 is 9.13 Å². The molecule has 166 valence electrons. The lowest BCUT2D eigenvalue weighted by Crippen LogP contribution is -1.98. The maximum Gasteiger partial charge on any atom is 0.149 e. The van der Waals surface area contributed by atoms with E-state index < -0.39 is 0 Å². The second-order valence-electron chi connectivity index (χ2n) is 7.66. The summed E-state index contributed by atoms with van der Waals surface area (Å²) in [4.78, 5) is 7.42. The van der Waals surface area contributed by atoms with Gasteiger partial charge in [0.1, 0.15) is 30.1 Å². The Hall–Kier alpha value is -3.47. The Labute approximate surface area is 212 Å². The molecule has 0 fully saturated rings. The Balaban J connectivity index is 1.42. The van der Waals surface area contributed by atoms with Crippen molar-refractivity contribution >= 4 is 65.3 Å². The maximum atomic E-state index is 13.5. The molecule has 34 heavy (non-hydrogen) atoms. The van der Waals surface area contributed by atoms with Crippen molar-refractivity contribution in [1.82, 2.24) is 9.97 Å². The average molecular weight is 577 g/mol. The maximum absolute atomic E-state index is 13.5. The normalized spacial score (nSPS) is 11.6. The second kappa shape index (κ2) is 9.41. The molecule has 0 atom stereocenters. The van der Waals surface area contributed by atoms with E-state index in [-0.39, 0.29) is 5.82 Å². The largest absolute Gasteiger partial charge is 0.487 e. The lowest BCUT2D eigenvalue weighted by molar-refractivity contribution is 0.303. The van der Waals surface area contributed by atoms with Gasteiger partial charge in [0.25, 0.3) is 0 Å². The van der Waals surface area contributed by atoms with Crippen LogP contribution in [0.5, 0.6) is 5.75 Å². The van der Waals surface area contributed by atoms with Crippen molar-refractivity contribution in [3.05, 3.63) is 105 Å². The number of imidazole rings is 1. The summed E-state index contributed by atoms with van der Waals surface area (Å²) in [5.74, 6) is 0.687. The molecule has 0 amide bonds. The van der Waals surface area contributed by atoms with E-state index in [9.17, 15) is 9.65 Å². The van der Waals surface area contributed by atoms with Crippen molar-refractivity contribution in [2.45, 2.75) is 6.61 Å². The molecule has 0 aliphatic carbocycles. The van der Waals surface area contributed by atoms with Crippen LogP contribution in [-0.4, -0.2) is 9.97 Å². The third-order valence-corrected chi connectivity index (χ3v) is 6.58. The molecule has 1 N–H and O–H groups in total. The fourth-order valence-corrected chi connectivity index (χ4v) is 5.25. The highest BCUT2D eigenvalue weighted by molar-refractivity contribution is 9.11. The molecule has 5 rings (SSSR count). The van der Waals surface area contributed by atoms with Crippen molar-refractivity contribution in [3.8, 4) is 11.8 Å². The SMILES string of the molecule is N#C/C(=C/c1cc(Br)c(OCc2cccc3ccccc23)c(Br)c1)c1nc2ccc(F)cc2[nH]1. The zero-order valence-corrected chi connectivity index (χ0v) is 20.8. The first kappa shape index (κ1) is 22.3. The summed E-state index contributed by atoms with van der Waals surface area (Å²) in [6.45, 7) is 0.409. The quantitative estimate of drug-likeness (QED) is 0.215. The molecule has 0 saturated carbocycles. The van der Waals surface area contributed by atoms with E-state index in [0.29, 0.717) is 34.8 Å². The van der Waals surface area contributed by atoms with Gasteiger partial charge in [-0.1, -0.05) is 42.5 Å². The van der Waals surface area contributed by atoms with Gasteiger partial charge in [0, 0.05) is 0 Å². The van der Waals surface area contributed by atoms with E-state index in [4.69, 9.17) is 4.74 Å². The minimum absolute atomic E-state index is 0.333. The van der Waals surface area contributed by atoms with Gasteiger partial charge in [0.15, 0.2) is 0 Å². The Kier molecular flexibility index (Phi) is 6.18. The van der Waals surface area contributed by atoms with E-state index in [1.54, 1.807) is 12.1 Å². The van der Waals surface area contributed by atoms with Crippen LogP contribution in [0.2, 0.25) is 0 Å². The molecule has 1 aromatic heterocycles. The number of fused-ring (bicyclic) bond motifs is 2. The Morgan fingerprint density at radius 1 is 1.03 bits per heavy atom. The van der Waals surface area contributed by atoms with Crippen molar-refractivity contribution in [1.29, 1.82) is 5.26 Å². The monoisotopic (exact) mass is 575 g/mol. The van der Waals surface area contributed by atoms with E-state index in [2.05, 4.69) is 72.2 Å². The molecule has 0 aliphatic heterocycles. The Bertz CT molecular complexity index is 1590. The van der Waals surface area contributed by atoms with Gasteiger partial charge in [-0.3, -0.25) is 0 Å². The molecule has 0 saturated heterocycles. The van der Waals surface area contributed by atoms with Gasteiger partial charge in [-0.05, 0) is 90.2 Å². The number of nitriles is 1. The minimum atomic E-state index is -0.364. The topological polar surface area (TPSA) is 61.7 Å². The summed E-state index contributed by atoms with van der Waals surface area (Å²) in [6.07, 6.45) is 1.72. The van der Waals surface area contributed by atoms with Gasteiger partial charge in [-0.2, -0.15) is 5.26 Å². The van der Waals surface area contributed by atoms with Crippen LogP contribution >= 0.6 is 31.9 Å². The van der Waals surface area contributed by atoms with Crippen molar-refractivity contribution in [2.24, 2.45) is 0 Å². The summed E-state index contributed by atoms with van der Waals surface area (Å²) in [5, 5.41) is 12.0. The molecule has 4 nitrogen and oxygen atoms in total. The molecule has 0 spiro atoms. The number of aromatic nitrogens is 2. The predicted molar refractivity (Wildman–Crippen MR) is 140 cm³/mol. The lowest BCUT2D eigenvalue weighted by Gasteiger charge is -2.13. The van der Waals surface area contributed by atoms with Crippen LogP contribution in [0.3, 0.4) is 0 Å². The van der Waals surface area contributed by atoms with Crippen LogP contribution in [0, 0.1) is 17.1 Å². The predicted octanol–water partition coefficient (Wildman–Crippen LogP) is 8.02. The summed E-state index contributed by atoms with van der Waals surface area (Å²) in [6, 6.07) is 24.6. The van der Waals surface area contributed by atoms with E-state index >= 15 is 0 Å². The molecule has 7 heteroatoms. The van der Waals surface area contributed by atoms with Gasteiger partial charge in [0.05, 0.1) is 25.6 Å². The number of hydrogen-bond donors (Lipinski definition) is 1. The fourth-order valence-electron chi connectivity index (χ4n) is 3.80. The van der Waals surface area contributed by atoms with Gasteiger partial charge >= 0.3 is 0 Å². The van der Waals surface area contributed by atoms with Crippen LogP contribution in [0.4, 0.5) is 4.39 Å². The Morgan fingerprint density at radius 3 is 2.59 bits per heavy atom. The summed E-state index contributed by atoms with van der Waals surface area (Å²) >= 11 is 7.19. The fraction of sp³-hybridized carbons (Fsp3) is 0.0370. The number of hydrogen-bond acceptors (Lipinski definition) is 3. The second-order valence-corrected chi connectivity index (χ2v) is 9.37. The number of rotatable bonds is 5. The molecule has 0 aliphatic rings. The lowest BCUT2D eigenvalue weighted by atomic mass is 10.1. The molecule has 0 bridgehead atoms. The van der Waals surface area contributed by atoms with Gasteiger partial charge in [0.2, 0.25) is 0 Å². The third-order valence-electron chi connectivity index (χ3n) is 5.40. The highest BCUT2D eigenvalue weighted by atomic mass is 79.9. The zero-order chi connectivity index (χ0) is 23.7. The molecular formula is C27H16Br2FN3O. The molecular weight excluding hydrogens is 561 g/mol. The van der Waals surface area contributed by atoms with E-state index in [1.807, 2.05) is 30.3 Å². The molecule has 0 unspecified atom stereocenters. The van der Waals surface area contributed by atoms with E-state index in [0.717, 1.165) is 25.5 Å². The highest BCUT2D eigenvalue weighted by Gasteiger charge is 2.13. The summed E-state index contributed by atoms with van der Waals surface area (Å²) < 4.78 is 21.1. The zero-order valence-electron chi connectivity index (χ0n) is 17.6. The molecule has 4 aromatic carbocycles. The average Bonchev–Trinajstić information content (AvgIpc) is 3.25. The van der Waals surface area contributed by atoms with Crippen LogP contribution in [0.1, 0.15) is 17.0 Å². The van der Waals surface area contributed by atoms with Gasteiger partial charge < -0.3 is 9.72 Å². The van der Waals surface area contributed by atoms with Crippen LogP contribution in [0.25, 0.3) is 33.5 Å². The van der Waals surface area contributed by atoms with E-state index in [1.165, 1.54) is 17.5 Å². The molecule has 0 radical (unpaired) electrons. The minimum Gasteiger partial charge on any atom is -0.487 e. The number of benzene rings is 4. The number of nitrogens with one attached hydrogen (secondary N) is 1. The van der Waals surface area contributed by atoms with Crippen molar-refractivity contribution in [3.63, 3.8) is 0 Å². The summed E-state index contributed by atoms with van der Waals surface area (Å²) in [7, 11) is 0. The number of H-pyrrole nitrogens is 1. The number of aromatic amines is 1. The number of allylic oxidation sites excluding steroid dienone is 1.